The molecule has 2 fully saturated rings. The van der Waals surface area contributed by atoms with E-state index in [-0.39, 0.29) is 23.8 Å². The van der Waals surface area contributed by atoms with E-state index in [0.717, 1.165) is 6.42 Å². The van der Waals surface area contributed by atoms with Crippen molar-refractivity contribution in [3.63, 3.8) is 0 Å². The third-order valence-corrected chi connectivity index (χ3v) is 5.37. The highest BCUT2D eigenvalue weighted by Gasteiger charge is 2.42. The number of nitrogens with one attached hydrogen (secondary N) is 1. The van der Waals surface area contributed by atoms with Gasteiger partial charge >= 0.3 is 6.03 Å². The lowest BCUT2D eigenvalue weighted by Crippen LogP contribution is -2.55. The minimum atomic E-state index is -0.321. The smallest absolute Gasteiger partial charge is 0.324 e. The van der Waals surface area contributed by atoms with Gasteiger partial charge < -0.3 is 15.1 Å². The van der Waals surface area contributed by atoms with Crippen LogP contribution in [0.1, 0.15) is 32.6 Å². The van der Waals surface area contributed by atoms with Gasteiger partial charge in [0.1, 0.15) is 5.78 Å². The molecule has 2 rings (SSSR count). The standard InChI is InChI=1S/C18H32N4O3/c1-5-19-18(25)22(9-8-20(2)3)17(24)14-10-13-11-15(23)6-7-16(13)21(4)12-14/h13-14,16H,5-12H2,1-4H3,(H,19,25)/t13-,14-,16-/m1/s1. The van der Waals surface area contributed by atoms with Gasteiger partial charge in [0.05, 0.1) is 5.92 Å². The van der Waals surface area contributed by atoms with Crippen LogP contribution < -0.4 is 5.32 Å². The first kappa shape index (κ1) is 19.8. The van der Waals surface area contributed by atoms with Gasteiger partial charge in [0, 0.05) is 45.1 Å². The molecule has 142 valence electrons. The van der Waals surface area contributed by atoms with Gasteiger partial charge in [0.2, 0.25) is 5.91 Å². The lowest BCUT2D eigenvalue weighted by molar-refractivity contribution is -0.138. The van der Waals surface area contributed by atoms with E-state index in [2.05, 4.69) is 10.2 Å². The number of hydrogen-bond acceptors (Lipinski definition) is 5. The number of fused-ring (bicyclic) bond motifs is 1. The van der Waals surface area contributed by atoms with Crippen LogP contribution in [0.5, 0.6) is 0 Å². The van der Waals surface area contributed by atoms with E-state index in [1.54, 1.807) is 0 Å². The van der Waals surface area contributed by atoms with Gasteiger partial charge in [0.25, 0.3) is 0 Å². The number of likely N-dealkylation sites (N-methyl/N-ethyl adjacent to an activating group) is 1. The molecule has 7 nitrogen and oxygen atoms in total. The molecular weight excluding hydrogens is 320 g/mol. The highest BCUT2D eigenvalue weighted by Crippen LogP contribution is 2.36. The number of likely N-dealkylation sites (tertiary alicyclic amines) is 1. The first-order chi connectivity index (χ1) is 11.8. The second kappa shape index (κ2) is 8.76. The normalized spacial score (nSPS) is 27.1. The van der Waals surface area contributed by atoms with Crippen LogP contribution in [0.4, 0.5) is 4.79 Å². The van der Waals surface area contributed by atoms with Crippen molar-refractivity contribution in [1.82, 2.24) is 20.0 Å². The maximum Gasteiger partial charge on any atom is 0.324 e. The molecule has 0 aromatic carbocycles. The Kier molecular flexibility index (Phi) is 6.95. The van der Waals surface area contributed by atoms with E-state index in [9.17, 15) is 14.4 Å². The summed E-state index contributed by atoms with van der Waals surface area (Å²) in [6.45, 7) is 4.01. The molecule has 0 bridgehead atoms. The van der Waals surface area contributed by atoms with E-state index in [1.807, 2.05) is 33.0 Å². The van der Waals surface area contributed by atoms with E-state index in [0.29, 0.717) is 57.3 Å². The average Bonchev–Trinajstić information content (AvgIpc) is 2.54. The molecule has 1 aliphatic carbocycles. The fourth-order valence-electron chi connectivity index (χ4n) is 4.08. The Morgan fingerprint density at radius 2 is 2.00 bits per heavy atom. The molecule has 0 radical (unpaired) electrons. The summed E-state index contributed by atoms with van der Waals surface area (Å²) in [7, 11) is 5.88. The molecule has 0 aromatic heterocycles. The number of urea groups is 1. The Balaban J connectivity index is 2.08. The van der Waals surface area contributed by atoms with Gasteiger partial charge in [0.15, 0.2) is 0 Å². The SMILES string of the molecule is CCNC(=O)N(CCN(C)C)C(=O)[C@@H]1C[C@@H]2CC(=O)CC[C@H]2N(C)C1. The molecule has 0 aromatic rings. The summed E-state index contributed by atoms with van der Waals surface area (Å²) in [6.07, 6.45) is 2.81. The molecular formula is C18H32N4O3. The lowest BCUT2D eigenvalue weighted by Gasteiger charge is -2.45. The van der Waals surface area contributed by atoms with Crippen molar-refractivity contribution < 1.29 is 14.4 Å². The van der Waals surface area contributed by atoms with Gasteiger partial charge in [-0.15, -0.1) is 0 Å². The Hall–Kier alpha value is -1.47. The molecule has 3 amide bonds. The van der Waals surface area contributed by atoms with Crippen molar-refractivity contribution in [1.29, 1.82) is 0 Å². The minimum Gasteiger partial charge on any atom is -0.338 e. The van der Waals surface area contributed by atoms with Crippen molar-refractivity contribution in [2.45, 2.75) is 38.6 Å². The van der Waals surface area contributed by atoms with Gasteiger partial charge in [-0.25, -0.2) is 4.79 Å². The summed E-state index contributed by atoms with van der Waals surface area (Å²) in [5, 5.41) is 2.74. The second-order valence-electron chi connectivity index (χ2n) is 7.61. The number of Topliss-reactive ketones (excluding diaryl/α,β-unsaturated/α-hetero) is 1. The number of carbonyl (C=O) groups excluding carboxylic acids is 3. The zero-order chi connectivity index (χ0) is 18.6. The Morgan fingerprint density at radius 1 is 1.28 bits per heavy atom. The van der Waals surface area contributed by atoms with Crippen molar-refractivity contribution in [3.8, 4) is 0 Å². The fourth-order valence-corrected chi connectivity index (χ4v) is 4.08. The molecule has 2 aliphatic rings. The van der Waals surface area contributed by atoms with Crippen molar-refractivity contribution in [2.24, 2.45) is 11.8 Å². The van der Waals surface area contributed by atoms with E-state index in [1.165, 1.54) is 4.90 Å². The average molecular weight is 352 g/mol. The first-order valence-corrected chi connectivity index (χ1v) is 9.29. The van der Waals surface area contributed by atoms with Crippen LogP contribution in [0.3, 0.4) is 0 Å². The molecule has 0 unspecified atom stereocenters. The molecule has 1 N–H and O–H groups in total. The Bertz CT molecular complexity index is 509. The van der Waals surface area contributed by atoms with Crippen molar-refractivity contribution >= 4 is 17.7 Å². The molecule has 7 heteroatoms. The predicted molar refractivity (Wildman–Crippen MR) is 96.2 cm³/mol. The molecule has 25 heavy (non-hydrogen) atoms. The van der Waals surface area contributed by atoms with Crippen LogP contribution in [-0.2, 0) is 9.59 Å². The number of amides is 3. The number of carbonyl (C=O) groups is 3. The summed E-state index contributed by atoms with van der Waals surface area (Å²) >= 11 is 0. The predicted octanol–water partition coefficient (Wildman–Crippen LogP) is 0.796. The van der Waals surface area contributed by atoms with E-state index >= 15 is 0 Å². The number of rotatable bonds is 5. The van der Waals surface area contributed by atoms with Crippen LogP contribution in [0, 0.1) is 11.8 Å². The molecule has 1 aliphatic heterocycles. The third-order valence-electron chi connectivity index (χ3n) is 5.37. The lowest BCUT2D eigenvalue weighted by atomic mass is 9.74. The number of piperidine rings is 1. The molecule has 3 atom stereocenters. The van der Waals surface area contributed by atoms with Crippen molar-refractivity contribution in [2.75, 3.05) is 47.3 Å². The number of hydrogen-bond donors (Lipinski definition) is 1. The number of ketones is 1. The zero-order valence-corrected chi connectivity index (χ0v) is 16.0. The minimum absolute atomic E-state index is 0.115. The number of imide groups is 1. The second-order valence-corrected chi connectivity index (χ2v) is 7.61. The van der Waals surface area contributed by atoms with E-state index in [4.69, 9.17) is 0 Å². The highest BCUT2D eigenvalue weighted by molar-refractivity contribution is 5.95. The van der Waals surface area contributed by atoms with E-state index < -0.39 is 0 Å². The number of nitrogens with zero attached hydrogens (tertiary/aromatic N) is 3. The topological polar surface area (TPSA) is 73.0 Å². The Morgan fingerprint density at radius 3 is 2.64 bits per heavy atom. The van der Waals surface area contributed by atoms with Gasteiger partial charge in [-0.1, -0.05) is 0 Å². The Labute approximate surface area is 150 Å². The maximum absolute atomic E-state index is 13.1. The molecule has 1 saturated carbocycles. The maximum atomic E-state index is 13.1. The summed E-state index contributed by atoms with van der Waals surface area (Å²) in [4.78, 5) is 42.8. The van der Waals surface area contributed by atoms with Gasteiger partial charge in [-0.05, 0) is 46.8 Å². The summed E-state index contributed by atoms with van der Waals surface area (Å²) in [5.74, 6) is 0.202. The fraction of sp³-hybridized carbons (Fsp3) is 0.833. The van der Waals surface area contributed by atoms with Gasteiger partial charge in [-0.3, -0.25) is 14.5 Å². The first-order valence-electron chi connectivity index (χ1n) is 9.29. The van der Waals surface area contributed by atoms with Crippen molar-refractivity contribution in [3.05, 3.63) is 0 Å². The third kappa shape index (κ3) is 5.01. The van der Waals surface area contributed by atoms with Gasteiger partial charge in [-0.2, -0.15) is 0 Å². The molecule has 1 heterocycles. The van der Waals surface area contributed by atoms with Crippen LogP contribution in [0.25, 0.3) is 0 Å². The van der Waals surface area contributed by atoms with Crippen LogP contribution >= 0.6 is 0 Å². The van der Waals surface area contributed by atoms with Crippen LogP contribution in [-0.4, -0.2) is 85.8 Å². The van der Waals surface area contributed by atoms with Crippen LogP contribution in [0.2, 0.25) is 0 Å². The largest absolute Gasteiger partial charge is 0.338 e. The highest BCUT2D eigenvalue weighted by atomic mass is 16.2. The summed E-state index contributed by atoms with van der Waals surface area (Å²) < 4.78 is 0. The quantitative estimate of drug-likeness (QED) is 0.792. The van der Waals surface area contributed by atoms with Crippen LogP contribution in [0.15, 0.2) is 0 Å². The summed E-state index contributed by atoms with van der Waals surface area (Å²) in [5.41, 5.74) is 0. The molecule has 1 saturated heterocycles. The monoisotopic (exact) mass is 352 g/mol. The zero-order valence-electron chi connectivity index (χ0n) is 16.0. The molecule has 0 spiro atoms. The summed E-state index contributed by atoms with van der Waals surface area (Å²) in [6, 6.07) is 0.0697.